The van der Waals surface area contributed by atoms with Crippen LogP contribution in [0.5, 0.6) is 0 Å². The molecule has 8 nitrogen and oxygen atoms in total. The molecule has 36 heavy (non-hydrogen) atoms. The van der Waals surface area contributed by atoms with Crippen molar-refractivity contribution in [2.24, 2.45) is 0 Å². The highest BCUT2D eigenvalue weighted by molar-refractivity contribution is 5.94. The molecule has 2 fully saturated rings. The standard InChI is InChI=1S/C28H35N7O/c1-4-28-12-13-31(2)27(28)32(3)25-11-10-23(18-24(25)28)35-20-22(29-30-35)19-33-14-16-34(17-15-33)26(36)21-8-6-5-7-9-21/h5-11,18,20,27H,4,12-17,19H2,1-3H3/t27-,28+/m1/s1. The summed E-state index contributed by atoms with van der Waals surface area (Å²) < 4.78 is 1.92. The highest BCUT2D eigenvalue weighted by Gasteiger charge is 2.54. The fourth-order valence-corrected chi connectivity index (χ4v) is 6.64. The molecular formula is C28H35N7O. The molecule has 4 heterocycles. The van der Waals surface area contributed by atoms with Crippen LogP contribution in [-0.2, 0) is 12.0 Å². The minimum Gasteiger partial charge on any atom is -0.358 e. The van der Waals surface area contributed by atoms with E-state index in [9.17, 15) is 4.79 Å². The molecule has 3 aliphatic rings. The monoisotopic (exact) mass is 485 g/mol. The number of likely N-dealkylation sites (tertiary alicyclic amines) is 1. The Labute approximate surface area is 213 Å². The van der Waals surface area contributed by atoms with Crippen LogP contribution in [0.3, 0.4) is 0 Å². The number of fused-ring (bicyclic) bond motifs is 3. The molecule has 2 atom stereocenters. The average molecular weight is 486 g/mol. The first-order valence-electron chi connectivity index (χ1n) is 13.1. The van der Waals surface area contributed by atoms with Gasteiger partial charge in [-0.1, -0.05) is 30.3 Å². The van der Waals surface area contributed by atoms with Gasteiger partial charge in [0, 0.05) is 63.0 Å². The third kappa shape index (κ3) is 3.71. The Morgan fingerprint density at radius 1 is 1.03 bits per heavy atom. The smallest absolute Gasteiger partial charge is 0.253 e. The number of amides is 1. The molecule has 188 valence electrons. The molecule has 3 aliphatic heterocycles. The molecule has 2 aromatic carbocycles. The number of anilines is 1. The molecule has 0 N–H and O–H groups in total. The van der Waals surface area contributed by atoms with Crippen LogP contribution in [0.4, 0.5) is 5.69 Å². The van der Waals surface area contributed by atoms with E-state index in [1.165, 1.54) is 17.7 Å². The first-order chi connectivity index (χ1) is 17.5. The molecule has 1 aromatic heterocycles. The average Bonchev–Trinajstić information content (AvgIpc) is 3.59. The van der Waals surface area contributed by atoms with Gasteiger partial charge in [-0.15, -0.1) is 5.10 Å². The van der Waals surface area contributed by atoms with Crippen LogP contribution in [0.25, 0.3) is 5.69 Å². The van der Waals surface area contributed by atoms with E-state index in [4.69, 9.17) is 0 Å². The summed E-state index contributed by atoms with van der Waals surface area (Å²) in [6.07, 6.45) is 4.79. The van der Waals surface area contributed by atoms with E-state index in [0.717, 1.165) is 62.6 Å². The van der Waals surface area contributed by atoms with E-state index in [1.807, 2.05) is 39.9 Å². The van der Waals surface area contributed by atoms with Crippen molar-refractivity contribution in [2.45, 2.75) is 37.9 Å². The predicted molar refractivity (Wildman–Crippen MR) is 140 cm³/mol. The minimum absolute atomic E-state index is 0.115. The van der Waals surface area contributed by atoms with Crippen molar-refractivity contribution >= 4 is 11.6 Å². The quantitative estimate of drug-likeness (QED) is 0.554. The number of aromatic nitrogens is 3. The first-order valence-corrected chi connectivity index (χ1v) is 13.1. The summed E-state index contributed by atoms with van der Waals surface area (Å²) in [6, 6.07) is 16.3. The highest BCUT2D eigenvalue weighted by Crippen LogP contribution is 2.53. The Kier molecular flexibility index (Phi) is 5.80. The summed E-state index contributed by atoms with van der Waals surface area (Å²) in [5, 5.41) is 8.96. The van der Waals surface area contributed by atoms with Gasteiger partial charge < -0.3 is 9.80 Å². The van der Waals surface area contributed by atoms with Crippen molar-refractivity contribution in [3.8, 4) is 5.69 Å². The molecular weight excluding hydrogens is 450 g/mol. The molecule has 2 saturated heterocycles. The van der Waals surface area contributed by atoms with Gasteiger partial charge >= 0.3 is 0 Å². The van der Waals surface area contributed by atoms with Gasteiger partial charge in [-0.05, 0) is 55.8 Å². The van der Waals surface area contributed by atoms with Crippen LogP contribution in [0, 0.1) is 0 Å². The van der Waals surface area contributed by atoms with E-state index >= 15 is 0 Å². The summed E-state index contributed by atoms with van der Waals surface area (Å²) in [5.74, 6) is 0.115. The lowest BCUT2D eigenvalue weighted by atomic mass is 9.77. The maximum Gasteiger partial charge on any atom is 0.253 e. The lowest BCUT2D eigenvalue weighted by Gasteiger charge is -2.34. The fourth-order valence-electron chi connectivity index (χ4n) is 6.64. The molecule has 0 aliphatic carbocycles. The van der Waals surface area contributed by atoms with E-state index in [2.05, 4.69) is 70.4 Å². The van der Waals surface area contributed by atoms with Crippen molar-refractivity contribution < 1.29 is 4.79 Å². The van der Waals surface area contributed by atoms with Crippen molar-refractivity contribution in [3.05, 3.63) is 71.5 Å². The Bertz CT molecular complexity index is 1250. The molecule has 0 unspecified atom stereocenters. The third-order valence-corrected chi connectivity index (χ3v) is 8.59. The topological polar surface area (TPSA) is 60.7 Å². The van der Waals surface area contributed by atoms with E-state index in [1.54, 1.807) is 0 Å². The van der Waals surface area contributed by atoms with Crippen LogP contribution < -0.4 is 4.90 Å². The highest BCUT2D eigenvalue weighted by atomic mass is 16.2. The second-order valence-corrected chi connectivity index (χ2v) is 10.5. The second-order valence-electron chi connectivity index (χ2n) is 10.5. The number of carbonyl (C=O) groups is 1. The van der Waals surface area contributed by atoms with Crippen LogP contribution in [0.1, 0.15) is 41.4 Å². The lowest BCUT2D eigenvalue weighted by molar-refractivity contribution is 0.0627. The number of nitrogens with zero attached hydrogens (tertiary/aromatic N) is 7. The molecule has 3 aromatic rings. The second kappa shape index (κ2) is 9.01. The lowest BCUT2D eigenvalue weighted by Crippen LogP contribution is -2.48. The van der Waals surface area contributed by atoms with Gasteiger partial charge in [-0.25, -0.2) is 4.68 Å². The van der Waals surface area contributed by atoms with Crippen molar-refractivity contribution in [2.75, 3.05) is 51.7 Å². The van der Waals surface area contributed by atoms with Gasteiger partial charge in [-0.3, -0.25) is 14.6 Å². The molecule has 8 heteroatoms. The SMILES string of the molecule is CC[C@@]12CCN(C)[C@@H]1N(C)c1ccc(-n3cc(CN4CCN(C(=O)c5ccccc5)CC4)nn3)cc12. The zero-order chi connectivity index (χ0) is 24.9. The van der Waals surface area contributed by atoms with Gasteiger partial charge in [0.15, 0.2) is 0 Å². The summed E-state index contributed by atoms with van der Waals surface area (Å²) in [7, 11) is 4.47. The molecule has 6 rings (SSSR count). The van der Waals surface area contributed by atoms with Crippen molar-refractivity contribution in [1.29, 1.82) is 0 Å². The maximum absolute atomic E-state index is 12.7. The molecule has 0 spiro atoms. The van der Waals surface area contributed by atoms with E-state index < -0.39 is 0 Å². The Morgan fingerprint density at radius 3 is 2.56 bits per heavy atom. The Hall–Kier alpha value is -3.23. The number of hydrogen-bond donors (Lipinski definition) is 0. The molecule has 1 amide bonds. The molecule has 0 saturated carbocycles. The fraction of sp³-hybridized carbons (Fsp3) is 0.464. The van der Waals surface area contributed by atoms with Crippen molar-refractivity contribution in [1.82, 2.24) is 29.7 Å². The van der Waals surface area contributed by atoms with Gasteiger partial charge in [-0.2, -0.15) is 0 Å². The Morgan fingerprint density at radius 2 is 1.81 bits per heavy atom. The van der Waals surface area contributed by atoms with E-state index in [0.29, 0.717) is 6.17 Å². The first kappa shape index (κ1) is 23.2. The summed E-state index contributed by atoms with van der Waals surface area (Å²) in [5.41, 5.74) is 5.74. The number of piperazine rings is 1. The molecule has 0 radical (unpaired) electrons. The number of carbonyl (C=O) groups excluding carboxylic acids is 1. The van der Waals surface area contributed by atoms with Crippen LogP contribution in [0.15, 0.2) is 54.7 Å². The third-order valence-electron chi connectivity index (χ3n) is 8.59. The van der Waals surface area contributed by atoms with Crippen molar-refractivity contribution in [3.63, 3.8) is 0 Å². The zero-order valence-electron chi connectivity index (χ0n) is 21.5. The molecule has 0 bridgehead atoms. The summed E-state index contributed by atoms with van der Waals surface area (Å²) >= 11 is 0. The van der Waals surface area contributed by atoms with Crippen LogP contribution >= 0.6 is 0 Å². The van der Waals surface area contributed by atoms with Gasteiger partial charge in [0.25, 0.3) is 5.91 Å². The predicted octanol–water partition coefficient (Wildman–Crippen LogP) is 2.98. The summed E-state index contributed by atoms with van der Waals surface area (Å²) in [4.78, 5) is 22.0. The van der Waals surface area contributed by atoms with Gasteiger partial charge in [0.1, 0.15) is 0 Å². The van der Waals surface area contributed by atoms with Crippen LogP contribution in [-0.4, -0.2) is 88.6 Å². The maximum atomic E-state index is 12.7. The zero-order valence-corrected chi connectivity index (χ0v) is 21.5. The van der Waals surface area contributed by atoms with Gasteiger partial charge in [0.2, 0.25) is 0 Å². The summed E-state index contributed by atoms with van der Waals surface area (Å²) in [6.45, 7) is 7.33. The van der Waals surface area contributed by atoms with E-state index in [-0.39, 0.29) is 11.3 Å². The minimum atomic E-state index is 0.115. The normalized spacial score (nSPS) is 24.2. The Balaban J connectivity index is 1.14. The number of rotatable bonds is 5. The van der Waals surface area contributed by atoms with Gasteiger partial charge in [0.05, 0.1) is 23.7 Å². The number of benzene rings is 2. The number of hydrogen-bond acceptors (Lipinski definition) is 6. The van der Waals surface area contributed by atoms with Crippen LogP contribution in [0.2, 0.25) is 0 Å². The number of likely N-dealkylation sites (N-methyl/N-ethyl adjacent to an activating group) is 2. The largest absolute Gasteiger partial charge is 0.358 e.